The van der Waals surface area contributed by atoms with Gasteiger partial charge in [0, 0.05) is 32.9 Å². The second-order valence-electron chi connectivity index (χ2n) is 3.34. The Bertz CT molecular complexity index is 531. The fourth-order valence-corrected chi connectivity index (χ4v) is 1.87. The van der Waals surface area contributed by atoms with E-state index in [0.717, 1.165) is 5.56 Å². The molecule has 2 aromatic rings. The Morgan fingerprint density at radius 1 is 1.00 bits per heavy atom. The van der Waals surface area contributed by atoms with Gasteiger partial charge < -0.3 is 4.74 Å². The summed E-state index contributed by atoms with van der Waals surface area (Å²) in [5.74, 6) is 0.462. The van der Waals surface area contributed by atoms with Crippen molar-refractivity contribution in [1.82, 2.24) is 4.98 Å². The Morgan fingerprint density at radius 3 is 2.47 bits per heavy atom. The third-order valence-corrected chi connectivity index (χ3v) is 2.91. The first-order valence-corrected chi connectivity index (χ1v) is 5.97. The summed E-state index contributed by atoms with van der Waals surface area (Å²) in [6.45, 7) is 0.323. The predicted octanol–water partition coefficient (Wildman–Crippen LogP) is 4.62. The first-order valence-electron chi connectivity index (χ1n) is 4.83. The van der Waals surface area contributed by atoms with Crippen LogP contribution >= 0.6 is 34.8 Å². The Kier molecular flexibility index (Phi) is 4.11. The summed E-state index contributed by atoms with van der Waals surface area (Å²) in [7, 11) is 0. The number of halogens is 3. The molecular formula is C12H8Cl3NO. The Labute approximate surface area is 114 Å². The maximum atomic E-state index is 6.02. The van der Waals surface area contributed by atoms with Gasteiger partial charge in [-0.25, -0.2) is 4.98 Å². The number of hydrogen-bond acceptors (Lipinski definition) is 2. The smallest absolute Gasteiger partial charge is 0.215 e. The molecule has 0 fully saturated rings. The van der Waals surface area contributed by atoms with Crippen molar-refractivity contribution in [2.75, 3.05) is 0 Å². The molecule has 1 aromatic heterocycles. The molecule has 1 heterocycles. The van der Waals surface area contributed by atoms with E-state index in [9.17, 15) is 0 Å². The quantitative estimate of drug-likeness (QED) is 0.822. The van der Waals surface area contributed by atoms with E-state index in [4.69, 9.17) is 39.5 Å². The van der Waals surface area contributed by atoms with Gasteiger partial charge in [-0.1, -0.05) is 40.9 Å². The molecule has 0 amide bonds. The Morgan fingerprint density at radius 2 is 1.76 bits per heavy atom. The highest BCUT2D eigenvalue weighted by Crippen LogP contribution is 2.22. The lowest BCUT2D eigenvalue weighted by molar-refractivity contribution is 0.294. The Hall–Kier alpha value is -0.960. The molecule has 5 heteroatoms. The zero-order valence-corrected chi connectivity index (χ0v) is 10.9. The van der Waals surface area contributed by atoms with E-state index in [2.05, 4.69) is 4.98 Å². The van der Waals surface area contributed by atoms with Gasteiger partial charge in [-0.2, -0.15) is 0 Å². The second-order valence-corrected chi connectivity index (χ2v) is 4.62. The maximum Gasteiger partial charge on any atom is 0.215 e. The molecule has 0 radical (unpaired) electrons. The van der Waals surface area contributed by atoms with Crippen LogP contribution in [0, 0.1) is 0 Å². The lowest BCUT2D eigenvalue weighted by Crippen LogP contribution is -1.97. The average molecular weight is 289 g/mol. The largest absolute Gasteiger partial charge is 0.473 e. The minimum absolute atomic E-state index is 0.323. The molecule has 0 atom stereocenters. The van der Waals surface area contributed by atoms with Crippen molar-refractivity contribution in [3.8, 4) is 5.88 Å². The zero-order chi connectivity index (χ0) is 12.3. The Balaban J connectivity index is 2.07. The molecule has 2 rings (SSSR count). The standard InChI is InChI=1S/C12H8Cl3NO/c13-9-2-1-8(11(15)5-9)7-17-12-6-10(14)3-4-16-12/h1-6H,7H2. The van der Waals surface area contributed by atoms with Gasteiger partial charge in [-0.3, -0.25) is 0 Å². The van der Waals surface area contributed by atoms with Crippen molar-refractivity contribution >= 4 is 34.8 Å². The highest BCUT2D eigenvalue weighted by Gasteiger charge is 2.03. The van der Waals surface area contributed by atoms with E-state index < -0.39 is 0 Å². The number of benzene rings is 1. The summed E-state index contributed by atoms with van der Waals surface area (Å²) in [5, 5.41) is 1.75. The molecule has 0 saturated heterocycles. The highest BCUT2D eigenvalue weighted by atomic mass is 35.5. The fourth-order valence-electron chi connectivity index (χ4n) is 1.25. The molecule has 0 spiro atoms. The third-order valence-electron chi connectivity index (χ3n) is 2.09. The maximum absolute atomic E-state index is 6.02. The van der Waals surface area contributed by atoms with Gasteiger partial charge in [0.15, 0.2) is 0 Å². The average Bonchev–Trinajstić information content (AvgIpc) is 2.28. The minimum Gasteiger partial charge on any atom is -0.473 e. The van der Waals surface area contributed by atoms with Gasteiger partial charge in [0.25, 0.3) is 0 Å². The van der Waals surface area contributed by atoms with Crippen LogP contribution in [0.1, 0.15) is 5.56 Å². The summed E-state index contributed by atoms with van der Waals surface area (Å²) in [6, 6.07) is 8.58. The summed E-state index contributed by atoms with van der Waals surface area (Å²) in [5.41, 5.74) is 0.845. The van der Waals surface area contributed by atoms with Crippen LogP contribution in [-0.4, -0.2) is 4.98 Å². The normalized spacial score (nSPS) is 10.3. The predicted molar refractivity (Wildman–Crippen MR) is 70.0 cm³/mol. The van der Waals surface area contributed by atoms with Gasteiger partial charge in [-0.05, 0) is 18.2 Å². The van der Waals surface area contributed by atoms with Crippen LogP contribution in [0.5, 0.6) is 5.88 Å². The van der Waals surface area contributed by atoms with Crippen LogP contribution in [0.4, 0.5) is 0 Å². The van der Waals surface area contributed by atoms with Crippen molar-refractivity contribution in [1.29, 1.82) is 0 Å². The zero-order valence-electron chi connectivity index (χ0n) is 8.66. The SMILES string of the molecule is Clc1ccnc(OCc2ccc(Cl)cc2Cl)c1. The fraction of sp³-hybridized carbons (Fsp3) is 0.0833. The molecule has 0 aliphatic carbocycles. The van der Waals surface area contributed by atoms with E-state index in [0.29, 0.717) is 27.6 Å². The van der Waals surface area contributed by atoms with E-state index in [1.54, 1.807) is 30.5 Å². The third kappa shape index (κ3) is 3.50. The van der Waals surface area contributed by atoms with Crippen molar-refractivity contribution in [3.63, 3.8) is 0 Å². The molecule has 0 aliphatic heterocycles. The number of ether oxygens (including phenoxy) is 1. The lowest BCUT2D eigenvalue weighted by atomic mass is 10.2. The van der Waals surface area contributed by atoms with E-state index in [1.165, 1.54) is 0 Å². The molecule has 0 aliphatic rings. The summed E-state index contributed by atoms with van der Waals surface area (Å²) in [6.07, 6.45) is 1.58. The van der Waals surface area contributed by atoms with E-state index in [-0.39, 0.29) is 0 Å². The molecule has 0 unspecified atom stereocenters. The van der Waals surface area contributed by atoms with Gasteiger partial charge >= 0.3 is 0 Å². The van der Waals surface area contributed by atoms with Crippen molar-refractivity contribution < 1.29 is 4.74 Å². The number of nitrogens with zero attached hydrogens (tertiary/aromatic N) is 1. The van der Waals surface area contributed by atoms with E-state index >= 15 is 0 Å². The summed E-state index contributed by atoms with van der Waals surface area (Å²) >= 11 is 17.6. The number of aromatic nitrogens is 1. The first-order chi connectivity index (χ1) is 8.15. The topological polar surface area (TPSA) is 22.1 Å². The van der Waals surface area contributed by atoms with Crippen molar-refractivity contribution in [3.05, 3.63) is 57.2 Å². The summed E-state index contributed by atoms with van der Waals surface area (Å²) in [4.78, 5) is 4.03. The van der Waals surface area contributed by atoms with Gasteiger partial charge in [0.1, 0.15) is 6.61 Å². The molecule has 2 nitrogen and oxygen atoms in total. The number of hydrogen-bond donors (Lipinski definition) is 0. The van der Waals surface area contributed by atoms with Gasteiger partial charge in [0.05, 0.1) is 0 Å². The van der Waals surface area contributed by atoms with Gasteiger partial charge in [0.2, 0.25) is 5.88 Å². The van der Waals surface area contributed by atoms with Crippen LogP contribution in [0.2, 0.25) is 15.1 Å². The molecule has 17 heavy (non-hydrogen) atoms. The molecule has 88 valence electrons. The van der Waals surface area contributed by atoms with Crippen molar-refractivity contribution in [2.45, 2.75) is 6.61 Å². The highest BCUT2D eigenvalue weighted by molar-refractivity contribution is 6.35. The van der Waals surface area contributed by atoms with Crippen LogP contribution in [0.25, 0.3) is 0 Å². The van der Waals surface area contributed by atoms with Gasteiger partial charge in [-0.15, -0.1) is 0 Å². The second kappa shape index (κ2) is 5.58. The molecule has 0 saturated carbocycles. The number of pyridine rings is 1. The monoisotopic (exact) mass is 287 g/mol. The van der Waals surface area contributed by atoms with Crippen molar-refractivity contribution in [2.24, 2.45) is 0 Å². The van der Waals surface area contributed by atoms with Crippen LogP contribution in [-0.2, 0) is 6.61 Å². The molecule has 0 N–H and O–H groups in total. The molecular weight excluding hydrogens is 280 g/mol. The number of rotatable bonds is 3. The minimum atomic E-state index is 0.323. The summed E-state index contributed by atoms with van der Waals surface area (Å²) < 4.78 is 5.47. The van der Waals surface area contributed by atoms with E-state index in [1.807, 2.05) is 6.07 Å². The lowest BCUT2D eigenvalue weighted by Gasteiger charge is -2.07. The van der Waals surface area contributed by atoms with Crippen LogP contribution in [0.3, 0.4) is 0 Å². The molecule has 1 aromatic carbocycles. The first kappa shape index (κ1) is 12.5. The van der Waals surface area contributed by atoms with Crippen LogP contribution < -0.4 is 4.74 Å². The molecule has 0 bridgehead atoms. The van der Waals surface area contributed by atoms with Crippen LogP contribution in [0.15, 0.2) is 36.5 Å².